The van der Waals surface area contributed by atoms with Crippen molar-refractivity contribution in [3.05, 3.63) is 48.6 Å². The average molecular weight is 338 g/mol. The zero-order valence-electron chi connectivity index (χ0n) is 13.3. The molecule has 0 aromatic carbocycles. The van der Waals surface area contributed by atoms with E-state index >= 15 is 0 Å². The normalized spacial score (nSPS) is 11.1. The minimum absolute atomic E-state index is 0.0752. The van der Waals surface area contributed by atoms with Crippen LogP contribution in [-0.4, -0.2) is 17.6 Å². The molecule has 7 heteroatoms. The molecule has 0 radical (unpaired) electrons. The summed E-state index contributed by atoms with van der Waals surface area (Å²) in [7, 11) is 0. The highest BCUT2D eigenvalue weighted by Gasteiger charge is 2.25. The summed E-state index contributed by atoms with van der Waals surface area (Å²) < 4.78 is 21.5. The molecule has 0 unspecified atom stereocenters. The highest BCUT2D eigenvalue weighted by Crippen LogP contribution is 2.38. The van der Waals surface area contributed by atoms with Gasteiger partial charge in [0.2, 0.25) is 11.5 Å². The van der Waals surface area contributed by atoms with Crippen molar-refractivity contribution < 1.29 is 22.8 Å². The van der Waals surface area contributed by atoms with E-state index in [1.165, 1.54) is 0 Å². The van der Waals surface area contributed by atoms with E-state index in [-0.39, 0.29) is 23.8 Å². The van der Waals surface area contributed by atoms with Gasteiger partial charge < -0.3 is 23.7 Å². The number of nitrogens with two attached hydrogens (primary N) is 1. The first-order valence-electron chi connectivity index (χ1n) is 7.67. The Bertz CT molecular complexity index is 1030. The number of ether oxygens (including phenoxy) is 1. The predicted molar refractivity (Wildman–Crippen MR) is 89.8 cm³/mol. The predicted octanol–water partition coefficient (Wildman–Crippen LogP) is 4.11. The molecule has 0 amide bonds. The molecule has 0 bridgehead atoms. The average Bonchev–Trinajstić information content (AvgIpc) is 3.36. The molecule has 0 saturated carbocycles. The fourth-order valence-corrected chi connectivity index (χ4v) is 2.65. The number of nitrogens with zero attached hydrogens (tertiary/aromatic N) is 1. The lowest BCUT2D eigenvalue weighted by Gasteiger charge is -2.03. The largest absolute Gasteiger partial charge is 0.464 e. The number of rotatable bonds is 4. The van der Waals surface area contributed by atoms with Crippen LogP contribution in [0.5, 0.6) is 0 Å². The zero-order valence-corrected chi connectivity index (χ0v) is 13.3. The van der Waals surface area contributed by atoms with Gasteiger partial charge in [0.25, 0.3) is 0 Å². The maximum absolute atomic E-state index is 12.1. The van der Waals surface area contributed by atoms with Gasteiger partial charge in [0.05, 0.1) is 30.2 Å². The summed E-state index contributed by atoms with van der Waals surface area (Å²) in [5.74, 6) is 0.419. The van der Waals surface area contributed by atoms with Gasteiger partial charge in [0, 0.05) is 5.56 Å². The van der Waals surface area contributed by atoms with Crippen LogP contribution in [0.3, 0.4) is 0 Å². The molecule has 0 atom stereocenters. The lowest BCUT2D eigenvalue weighted by Crippen LogP contribution is -2.05. The van der Waals surface area contributed by atoms with Crippen molar-refractivity contribution >= 4 is 22.8 Å². The lowest BCUT2D eigenvalue weighted by atomic mass is 10.1. The van der Waals surface area contributed by atoms with Crippen molar-refractivity contribution in [3.63, 3.8) is 0 Å². The van der Waals surface area contributed by atoms with Crippen LogP contribution < -0.4 is 5.73 Å². The molecule has 2 N–H and O–H groups in total. The van der Waals surface area contributed by atoms with E-state index in [0.717, 1.165) is 0 Å². The molecule has 0 aliphatic heterocycles. The molecule has 0 saturated heterocycles. The molecular weight excluding hydrogens is 324 g/mol. The number of pyridine rings is 1. The number of nitrogen functional groups attached to an aromatic ring is 1. The lowest BCUT2D eigenvalue weighted by molar-refractivity contribution is 0.0494. The SMILES string of the molecule is CCOC(=O)c1oc2nc(-c3ccco3)cc(-c3ccco3)c2c1N. The van der Waals surface area contributed by atoms with Gasteiger partial charge in [0.15, 0.2) is 5.76 Å². The molecule has 4 heterocycles. The van der Waals surface area contributed by atoms with Crippen molar-refractivity contribution in [3.8, 4) is 22.8 Å². The standard InChI is InChI=1S/C18H14N2O5/c1-2-22-18(21)16-15(19)14-10(12-5-3-7-23-12)9-11(20-17(14)25-16)13-6-4-8-24-13/h3-9H,2,19H2,1H3. The number of fused-ring (bicyclic) bond motifs is 1. The van der Waals surface area contributed by atoms with E-state index in [0.29, 0.717) is 28.2 Å². The molecule has 0 spiro atoms. The summed E-state index contributed by atoms with van der Waals surface area (Å²) in [5, 5.41) is 0.494. The third-order valence-electron chi connectivity index (χ3n) is 3.72. The van der Waals surface area contributed by atoms with Crippen molar-refractivity contribution in [2.75, 3.05) is 12.3 Å². The van der Waals surface area contributed by atoms with Crippen molar-refractivity contribution in [1.29, 1.82) is 0 Å². The monoisotopic (exact) mass is 338 g/mol. The highest BCUT2D eigenvalue weighted by atomic mass is 16.5. The second-order valence-corrected chi connectivity index (χ2v) is 5.26. The molecular formula is C18H14N2O5. The molecule has 7 nitrogen and oxygen atoms in total. The van der Waals surface area contributed by atoms with E-state index in [4.69, 9.17) is 23.7 Å². The maximum atomic E-state index is 12.1. The number of carbonyl (C=O) groups is 1. The third kappa shape index (κ3) is 2.46. The Morgan fingerprint density at radius 1 is 1.20 bits per heavy atom. The van der Waals surface area contributed by atoms with Gasteiger partial charge in [-0.15, -0.1) is 0 Å². The van der Waals surface area contributed by atoms with Crippen molar-refractivity contribution in [1.82, 2.24) is 4.98 Å². The summed E-state index contributed by atoms with van der Waals surface area (Å²) in [6.45, 7) is 1.92. The van der Waals surface area contributed by atoms with Gasteiger partial charge >= 0.3 is 5.97 Å². The summed E-state index contributed by atoms with van der Waals surface area (Å²) >= 11 is 0. The Morgan fingerprint density at radius 3 is 2.56 bits per heavy atom. The first kappa shape index (κ1) is 15.1. The minimum Gasteiger partial charge on any atom is -0.464 e. The summed E-state index contributed by atoms with van der Waals surface area (Å²) in [4.78, 5) is 16.5. The van der Waals surface area contributed by atoms with Gasteiger partial charge in [0.1, 0.15) is 11.5 Å². The van der Waals surface area contributed by atoms with Crippen LogP contribution in [0, 0.1) is 0 Å². The van der Waals surface area contributed by atoms with Gasteiger partial charge in [-0.2, -0.15) is 0 Å². The first-order chi connectivity index (χ1) is 12.2. The number of anilines is 1. The van der Waals surface area contributed by atoms with E-state index in [1.807, 2.05) is 0 Å². The molecule has 4 aromatic heterocycles. The highest BCUT2D eigenvalue weighted by molar-refractivity contribution is 6.08. The van der Waals surface area contributed by atoms with Crippen LogP contribution in [0.25, 0.3) is 33.9 Å². The Morgan fingerprint density at radius 2 is 1.92 bits per heavy atom. The molecule has 25 heavy (non-hydrogen) atoms. The van der Waals surface area contributed by atoms with Crippen molar-refractivity contribution in [2.24, 2.45) is 0 Å². The minimum atomic E-state index is -0.636. The fraction of sp³-hybridized carbons (Fsp3) is 0.111. The smallest absolute Gasteiger partial charge is 0.376 e. The van der Waals surface area contributed by atoms with Crippen LogP contribution in [0.1, 0.15) is 17.5 Å². The van der Waals surface area contributed by atoms with Crippen LogP contribution in [0.2, 0.25) is 0 Å². The van der Waals surface area contributed by atoms with Gasteiger partial charge in [-0.1, -0.05) is 0 Å². The third-order valence-corrected chi connectivity index (χ3v) is 3.72. The molecule has 4 aromatic rings. The number of esters is 1. The number of hydrogen-bond donors (Lipinski definition) is 1. The second kappa shape index (κ2) is 5.86. The van der Waals surface area contributed by atoms with Gasteiger partial charge in [-0.25, -0.2) is 9.78 Å². The van der Waals surface area contributed by atoms with Gasteiger partial charge in [-0.05, 0) is 37.3 Å². The molecule has 0 aliphatic rings. The Labute approximate surface area is 142 Å². The number of aromatic nitrogens is 1. The molecule has 0 aliphatic carbocycles. The van der Waals surface area contributed by atoms with Crippen LogP contribution in [0.15, 0.2) is 56.1 Å². The van der Waals surface area contributed by atoms with Gasteiger partial charge in [-0.3, -0.25) is 0 Å². The van der Waals surface area contributed by atoms with E-state index < -0.39 is 5.97 Å². The van der Waals surface area contributed by atoms with E-state index in [1.54, 1.807) is 49.8 Å². The molecule has 126 valence electrons. The Kier molecular flexibility index (Phi) is 3.53. The topological polar surface area (TPSA) is 105 Å². The number of hydrogen-bond acceptors (Lipinski definition) is 7. The van der Waals surface area contributed by atoms with Crippen LogP contribution >= 0.6 is 0 Å². The number of furan rings is 3. The Balaban J connectivity index is 2.00. The maximum Gasteiger partial charge on any atom is 0.376 e. The first-order valence-corrected chi connectivity index (χ1v) is 7.67. The Hall–Kier alpha value is -3.48. The second-order valence-electron chi connectivity index (χ2n) is 5.26. The van der Waals surface area contributed by atoms with E-state index in [9.17, 15) is 4.79 Å². The summed E-state index contributed by atoms with van der Waals surface area (Å²) in [5.41, 5.74) is 7.71. The van der Waals surface area contributed by atoms with Crippen molar-refractivity contribution in [2.45, 2.75) is 6.92 Å². The number of carbonyl (C=O) groups excluding carboxylic acids is 1. The zero-order chi connectivity index (χ0) is 17.4. The van der Waals surface area contributed by atoms with Crippen LogP contribution in [0.4, 0.5) is 5.69 Å². The molecule has 0 fully saturated rings. The molecule has 4 rings (SSSR count). The summed E-state index contributed by atoms with van der Waals surface area (Å²) in [6, 6.07) is 8.86. The summed E-state index contributed by atoms with van der Waals surface area (Å²) in [6.07, 6.45) is 3.10. The fourth-order valence-electron chi connectivity index (χ4n) is 2.65. The van der Waals surface area contributed by atoms with E-state index in [2.05, 4.69) is 4.98 Å². The van der Waals surface area contributed by atoms with Crippen LogP contribution in [-0.2, 0) is 4.74 Å². The quantitative estimate of drug-likeness (QED) is 0.558.